The van der Waals surface area contributed by atoms with Crippen molar-refractivity contribution in [2.24, 2.45) is 5.73 Å². The van der Waals surface area contributed by atoms with Crippen LogP contribution in [-0.4, -0.2) is 51.5 Å². The molecule has 0 aliphatic rings. The lowest BCUT2D eigenvalue weighted by Gasteiger charge is -2.22. The molecule has 4 N–H and O–H groups in total. The molecule has 2 atom stereocenters. The van der Waals surface area contributed by atoms with E-state index in [1.54, 1.807) is 7.11 Å². The molecule has 8 heteroatoms. The van der Waals surface area contributed by atoms with E-state index < -0.39 is 0 Å². The number of carbonyl (C=O) groups is 1. The van der Waals surface area contributed by atoms with Gasteiger partial charge in [-0.1, -0.05) is 69.4 Å². The van der Waals surface area contributed by atoms with Gasteiger partial charge in [0.2, 0.25) is 5.91 Å². The van der Waals surface area contributed by atoms with Crippen molar-refractivity contribution in [3.05, 3.63) is 35.9 Å². The Morgan fingerprint density at radius 2 is 1.75 bits per heavy atom. The molecule has 6 nitrogen and oxygen atoms in total. The van der Waals surface area contributed by atoms with Crippen LogP contribution in [0.5, 0.6) is 0 Å². The Bertz CT molecular complexity index is 538. The smallest absolute Gasteiger partial charge is 0.237 e. The van der Waals surface area contributed by atoms with Crippen molar-refractivity contribution in [3.63, 3.8) is 0 Å². The zero-order chi connectivity index (χ0) is 21.9. The van der Waals surface area contributed by atoms with Crippen LogP contribution in [0.1, 0.15) is 63.9 Å². The van der Waals surface area contributed by atoms with Gasteiger partial charge in [0.25, 0.3) is 0 Å². The Morgan fingerprint density at radius 3 is 2.41 bits per heavy atom. The Balaban J connectivity index is 0. The lowest BCUT2D eigenvalue weighted by molar-refractivity contribution is -0.124. The molecule has 0 aromatic heterocycles. The van der Waals surface area contributed by atoms with Gasteiger partial charge in [-0.3, -0.25) is 4.79 Å². The number of carbonyl (C=O) groups excluding carboxylic acids is 1. The van der Waals surface area contributed by atoms with Gasteiger partial charge in [-0.25, -0.2) is 0 Å². The van der Waals surface area contributed by atoms with Crippen LogP contribution in [0.2, 0.25) is 0 Å². The maximum absolute atomic E-state index is 12.8. The maximum atomic E-state index is 12.8. The minimum absolute atomic E-state index is 0. The normalized spacial score (nSPS) is 12.3. The van der Waals surface area contributed by atoms with Crippen molar-refractivity contribution in [2.75, 3.05) is 33.4 Å². The summed E-state index contributed by atoms with van der Waals surface area (Å²) >= 11 is 0. The molecule has 0 saturated heterocycles. The number of halogens is 2. The summed E-state index contributed by atoms with van der Waals surface area (Å²) in [7, 11) is 1.66. The van der Waals surface area contributed by atoms with E-state index in [0.717, 1.165) is 31.2 Å². The third-order valence-electron chi connectivity index (χ3n) is 5.12. The van der Waals surface area contributed by atoms with Crippen LogP contribution >= 0.6 is 24.8 Å². The summed E-state index contributed by atoms with van der Waals surface area (Å²) in [6, 6.07) is 9.89. The second-order valence-electron chi connectivity index (χ2n) is 7.81. The van der Waals surface area contributed by atoms with Crippen LogP contribution in [0.15, 0.2) is 30.3 Å². The minimum Gasteiger partial charge on any atom is -0.382 e. The van der Waals surface area contributed by atoms with Gasteiger partial charge in [0.15, 0.2) is 0 Å². The zero-order valence-corrected chi connectivity index (χ0v) is 21.5. The lowest BCUT2D eigenvalue weighted by Crippen LogP contribution is -2.47. The Morgan fingerprint density at radius 1 is 1.03 bits per heavy atom. The first-order chi connectivity index (χ1) is 14.7. The number of amides is 1. The summed E-state index contributed by atoms with van der Waals surface area (Å²) in [5.74, 6) is 0.00982. The van der Waals surface area contributed by atoms with Gasteiger partial charge in [0.05, 0.1) is 18.8 Å². The summed E-state index contributed by atoms with van der Waals surface area (Å²) in [6.07, 6.45) is 8.50. The number of rotatable bonds is 19. The van der Waals surface area contributed by atoms with E-state index in [0.29, 0.717) is 32.8 Å². The van der Waals surface area contributed by atoms with E-state index in [9.17, 15) is 4.79 Å². The largest absolute Gasteiger partial charge is 0.382 e. The van der Waals surface area contributed by atoms with Crippen LogP contribution in [0.25, 0.3) is 0 Å². The van der Waals surface area contributed by atoms with Gasteiger partial charge in [0.1, 0.15) is 0 Å². The number of unbranched alkanes of at least 4 members (excludes halogenated alkanes) is 5. The van der Waals surface area contributed by atoms with Crippen molar-refractivity contribution >= 4 is 30.7 Å². The lowest BCUT2D eigenvalue weighted by atomic mass is 10.1. The van der Waals surface area contributed by atoms with Gasteiger partial charge in [0, 0.05) is 26.8 Å². The first-order valence-electron chi connectivity index (χ1n) is 11.6. The molecule has 0 aliphatic heterocycles. The number of hydrogen-bond acceptors (Lipinski definition) is 5. The third kappa shape index (κ3) is 16.7. The number of nitrogens with one attached hydrogen (secondary N) is 2. The summed E-state index contributed by atoms with van der Waals surface area (Å²) in [5.41, 5.74) is 6.79. The van der Waals surface area contributed by atoms with Crippen LogP contribution in [-0.2, 0) is 20.8 Å². The molecule has 0 bridgehead atoms. The Hall–Kier alpha value is -0.890. The highest BCUT2D eigenvalue weighted by molar-refractivity contribution is 5.85. The van der Waals surface area contributed by atoms with E-state index >= 15 is 0 Å². The predicted molar refractivity (Wildman–Crippen MR) is 138 cm³/mol. The van der Waals surface area contributed by atoms with E-state index in [1.807, 2.05) is 18.2 Å². The van der Waals surface area contributed by atoms with Crippen LogP contribution in [0.3, 0.4) is 0 Å². The van der Waals surface area contributed by atoms with Gasteiger partial charge in [-0.05, 0) is 31.4 Å². The predicted octanol–water partition coefficient (Wildman–Crippen LogP) is 4.24. The molecule has 188 valence electrons. The van der Waals surface area contributed by atoms with Crippen molar-refractivity contribution < 1.29 is 14.3 Å². The SMILES string of the molecule is CCCCCCCOC(CNC(=O)C(CCCCN)NCc1ccccc1)COC.Cl.Cl. The van der Waals surface area contributed by atoms with Crippen molar-refractivity contribution in [1.29, 1.82) is 0 Å². The van der Waals surface area contributed by atoms with E-state index in [4.69, 9.17) is 15.2 Å². The maximum Gasteiger partial charge on any atom is 0.237 e. The summed E-state index contributed by atoms with van der Waals surface area (Å²) in [4.78, 5) is 12.8. The Kier molecular flexibility index (Phi) is 24.2. The molecule has 0 radical (unpaired) electrons. The monoisotopic (exact) mass is 493 g/mol. The fourth-order valence-corrected chi connectivity index (χ4v) is 3.30. The topological polar surface area (TPSA) is 85.6 Å². The van der Waals surface area contributed by atoms with Crippen LogP contribution in [0, 0.1) is 0 Å². The standard InChI is InChI=1S/C24H43N3O3.2ClH/c1-3-4-5-6-12-17-30-22(20-29-2)19-27-24(28)23(15-10-11-16-25)26-18-21-13-8-7-9-14-21;;/h7-9,13-14,22-23,26H,3-6,10-12,15-20,25H2,1-2H3,(H,27,28);2*1H. The zero-order valence-electron chi connectivity index (χ0n) is 19.9. The van der Waals surface area contributed by atoms with Crippen LogP contribution < -0.4 is 16.4 Å². The molecule has 0 aliphatic carbocycles. The van der Waals surface area contributed by atoms with Crippen molar-refractivity contribution in [1.82, 2.24) is 10.6 Å². The Labute approximate surface area is 207 Å². The quantitative estimate of drug-likeness (QED) is 0.251. The highest BCUT2D eigenvalue weighted by Crippen LogP contribution is 2.06. The fraction of sp³-hybridized carbons (Fsp3) is 0.708. The molecule has 1 aromatic rings. The summed E-state index contributed by atoms with van der Waals surface area (Å²) < 4.78 is 11.2. The average molecular weight is 495 g/mol. The molecular weight excluding hydrogens is 449 g/mol. The molecule has 32 heavy (non-hydrogen) atoms. The van der Waals surface area contributed by atoms with Crippen LogP contribution in [0.4, 0.5) is 0 Å². The summed E-state index contributed by atoms with van der Waals surface area (Å²) in [5, 5.41) is 6.45. The van der Waals surface area contributed by atoms with E-state index in [-0.39, 0.29) is 42.9 Å². The highest BCUT2D eigenvalue weighted by Gasteiger charge is 2.19. The fourth-order valence-electron chi connectivity index (χ4n) is 3.30. The van der Waals surface area contributed by atoms with Gasteiger partial charge in [-0.2, -0.15) is 0 Å². The average Bonchev–Trinajstić information content (AvgIpc) is 2.77. The van der Waals surface area contributed by atoms with Crippen molar-refractivity contribution in [2.45, 2.75) is 77.0 Å². The van der Waals surface area contributed by atoms with Gasteiger partial charge < -0.3 is 25.8 Å². The number of methoxy groups -OCH3 is 1. The third-order valence-corrected chi connectivity index (χ3v) is 5.12. The first-order valence-corrected chi connectivity index (χ1v) is 11.6. The van der Waals surface area contributed by atoms with E-state index in [2.05, 4.69) is 29.7 Å². The molecule has 2 unspecified atom stereocenters. The second kappa shape index (κ2) is 23.3. The minimum atomic E-state index is -0.242. The first kappa shape index (κ1) is 33.3. The summed E-state index contributed by atoms with van der Waals surface area (Å²) in [6.45, 7) is 5.17. The number of nitrogens with two attached hydrogens (primary N) is 1. The molecule has 0 heterocycles. The molecule has 1 aromatic carbocycles. The molecule has 0 spiro atoms. The van der Waals surface area contributed by atoms with E-state index in [1.165, 1.54) is 25.7 Å². The molecule has 0 fully saturated rings. The number of hydrogen-bond donors (Lipinski definition) is 3. The second-order valence-corrected chi connectivity index (χ2v) is 7.81. The number of benzene rings is 1. The van der Waals surface area contributed by atoms with Crippen molar-refractivity contribution in [3.8, 4) is 0 Å². The molecule has 1 rings (SSSR count). The number of ether oxygens (including phenoxy) is 2. The highest BCUT2D eigenvalue weighted by atomic mass is 35.5. The van der Waals surface area contributed by atoms with Gasteiger partial charge in [-0.15, -0.1) is 24.8 Å². The molecule has 1 amide bonds. The molecular formula is C24H45Cl2N3O3. The van der Waals surface area contributed by atoms with Gasteiger partial charge >= 0.3 is 0 Å². The molecule has 0 saturated carbocycles.